The maximum absolute atomic E-state index is 5.45. The molecule has 0 saturated heterocycles. The van der Waals surface area contributed by atoms with Crippen LogP contribution in [0.25, 0.3) is 93.4 Å². The highest BCUT2D eigenvalue weighted by molar-refractivity contribution is 6.21. The van der Waals surface area contributed by atoms with Crippen molar-refractivity contribution in [3.05, 3.63) is 182 Å². The molecule has 12 rings (SSSR count). The highest BCUT2D eigenvalue weighted by Crippen LogP contribution is 2.55. The van der Waals surface area contributed by atoms with Crippen LogP contribution in [0.3, 0.4) is 0 Å². The lowest BCUT2D eigenvalue weighted by Gasteiger charge is -2.35. The molecule has 54 heavy (non-hydrogen) atoms. The molecule has 0 spiro atoms. The Bertz CT molecular complexity index is 3300. The van der Waals surface area contributed by atoms with Crippen molar-refractivity contribution in [1.29, 1.82) is 0 Å². The zero-order chi connectivity index (χ0) is 35.3. The van der Waals surface area contributed by atoms with Gasteiger partial charge in [0.15, 0.2) is 5.82 Å². The molecule has 0 N–H and O–H groups in total. The standard InChI is InChI=1S/C50H30N4/c1-2-16-33-31(13-1)27-28-40-38-21-11-14-32-15-12-26-46(47(32)38)53(49(33)40)45-30-29-39(34-17-3-4-18-35(34)45)48-50(52-42-23-8-7-22-41(42)51-48)54-43-24-9-5-19-36(43)37-20-6-10-25-44(37)54/h1-30H. The highest BCUT2D eigenvalue weighted by Gasteiger charge is 2.29. The fraction of sp³-hybridized carbons (Fsp3) is 0. The van der Waals surface area contributed by atoms with Crippen LogP contribution in [-0.4, -0.2) is 14.5 Å². The van der Waals surface area contributed by atoms with E-state index >= 15 is 0 Å². The molecule has 0 fully saturated rings. The van der Waals surface area contributed by atoms with Gasteiger partial charge >= 0.3 is 0 Å². The molecule has 2 aromatic heterocycles. The summed E-state index contributed by atoms with van der Waals surface area (Å²) in [7, 11) is 0. The fourth-order valence-electron chi connectivity index (χ4n) is 8.98. The summed E-state index contributed by atoms with van der Waals surface area (Å²) in [6.07, 6.45) is 0. The van der Waals surface area contributed by atoms with Gasteiger partial charge in [-0.2, -0.15) is 0 Å². The van der Waals surface area contributed by atoms with Crippen molar-refractivity contribution in [2.45, 2.75) is 0 Å². The Kier molecular flexibility index (Phi) is 6.02. The van der Waals surface area contributed by atoms with Crippen LogP contribution in [0.4, 0.5) is 17.1 Å². The second-order valence-corrected chi connectivity index (χ2v) is 14.1. The first kappa shape index (κ1) is 29.3. The fourth-order valence-corrected chi connectivity index (χ4v) is 8.98. The van der Waals surface area contributed by atoms with Gasteiger partial charge in [-0.1, -0.05) is 140 Å². The van der Waals surface area contributed by atoms with Crippen molar-refractivity contribution in [2.75, 3.05) is 4.90 Å². The molecule has 0 bridgehead atoms. The first-order valence-electron chi connectivity index (χ1n) is 18.4. The number of nitrogens with zero attached hydrogens (tertiary/aromatic N) is 4. The number of aromatic nitrogens is 3. The van der Waals surface area contributed by atoms with Crippen LogP contribution in [0.1, 0.15) is 0 Å². The van der Waals surface area contributed by atoms with E-state index in [1.54, 1.807) is 0 Å². The second kappa shape index (κ2) is 11.1. The Morgan fingerprint density at radius 3 is 1.72 bits per heavy atom. The van der Waals surface area contributed by atoms with Gasteiger partial charge in [-0.25, -0.2) is 9.97 Å². The number of benzene rings is 9. The molecule has 0 saturated carbocycles. The molecule has 11 aromatic rings. The first-order valence-corrected chi connectivity index (χ1v) is 18.4. The smallest absolute Gasteiger partial charge is 0.165 e. The quantitative estimate of drug-likeness (QED) is 0.185. The minimum Gasteiger partial charge on any atom is -0.308 e. The molecule has 9 aromatic carbocycles. The van der Waals surface area contributed by atoms with Crippen LogP contribution in [0.5, 0.6) is 0 Å². The third-order valence-corrected chi connectivity index (χ3v) is 11.3. The average Bonchev–Trinajstić information content (AvgIpc) is 3.57. The van der Waals surface area contributed by atoms with Gasteiger partial charge in [-0.05, 0) is 64.2 Å². The van der Waals surface area contributed by atoms with Gasteiger partial charge < -0.3 is 4.90 Å². The Balaban J connectivity index is 1.18. The Morgan fingerprint density at radius 2 is 0.944 bits per heavy atom. The summed E-state index contributed by atoms with van der Waals surface area (Å²) < 4.78 is 2.30. The normalized spacial score (nSPS) is 12.4. The zero-order valence-corrected chi connectivity index (χ0v) is 29.1. The van der Waals surface area contributed by atoms with E-state index in [1.165, 1.54) is 54.8 Å². The van der Waals surface area contributed by atoms with E-state index in [0.29, 0.717) is 0 Å². The van der Waals surface area contributed by atoms with Gasteiger partial charge in [0.05, 0.1) is 39.1 Å². The molecule has 4 nitrogen and oxygen atoms in total. The molecule has 1 aliphatic rings. The van der Waals surface area contributed by atoms with Gasteiger partial charge in [0.1, 0.15) is 5.69 Å². The van der Waals surface area contributed by atoms with Crippen LogP contribution in [0.15, 0.2) is 182 Å². The summed E-state index contributed by atoms with van der Waals surface area (Å²) in [5.74, 6) is 0.817. The summed E-state index contributed by atoms with van der Waals surface area (Å²) >= 11 is 0. The second-order valence-electron chi connectivity index (χ2n) is 14.1. The predicted molar refractivity (Wildman–Crippen MR) is 226 cm³/mol. The summed E-state index contributed by atoms with van der Waals surface area (Å²) in [5.41, 5.74) is 11.8. The monoisotopic (exact) mass is 686 g/mol. The Morgan fingerprint density at radius 1 is 0.352 bits per heavy atom. The van der Waals surface area contributed by atoms with Gasteiger partial charge in [-0.15, -0.1) is 0 Å². The molecule has 0 radical (unpaired) electrons. The molecule has 0 unspecified atom stereocenters. The van der Waals surface area contributed by atoms with Crippen molar-refractivity contribution in [3.63, 3.8) is 0 Å². The van der Waals surface area contributed by atoms with Crippen molar-refractivity contribution in [3.8, 4) is 28.2 Å². The number of para-hydroxylation sites is 4. The molecular weight excluding hydrogens is 657 g/mol. The molecule has 250 valence electrons. The van der Waals surface area contributed by atoms with E-state index in [1.807, 2.05) is 12.1 Å². The lowest BCUT2D eigenvalue weighted by Crippen LogP contribution is -2.16. The first-order chi connectivity index (χ1) is 26.8. The van der Waals surface area contributed by atoms with E-state index in [2.05, 4.69) is 179 Å². The van der Waals surface area contributed by atoms with E-state index in [0.717, 1.165) is 55.6 Å². The predicted octanol–water partition coefficient (Wildman–Crippen LogP) is 13.3. The van der Waals surface area contributed by atoms with Gasteiger partial charge in [0.2, 0.25) is 0 Å². The van der Waals surface area contributed by atoms with Gasteiger partial charge in [0, 0.05) is 38.1 Å². The third-order valence-electron chi connectivity index (χ3n) is 11.3. The zero-order valence-electron chi connectivity index (χ0n) is 29.1. The lowest BCUT2D eigenvalue weighted by atomic mass is 9.88. The van der Waals surface area contributed by atoms with E-state index in [-0.39, 0.29) is 0 Å². The average molecular weight is 687 g/mol. The number of hydrogen-bond acceptors (Lipinski definition) is 3. The lowest BCUT2D eigenvalue weighted by molar-refractivity contribution is 1.08. The summed E-state index contributed by atoms with van der Waals surface area (Å²) in [6.45, 7) is 0. The molecule has 0 aliphatic carbocycles. The molecule has 0 amide bonds. The van der Waals surface area contributed by atoms with Crippen LogP contribution in [-0.2, 0) is 0 Å². The van der Waals surface area contributed by atoms with Crippen LogP contribution in [0.2, 0.25) is 0 Å². The van der Waals surface area contributed by atoms with Crippen molar-refractivity contribution in [2.24, 2.45) is 0 Å². The SMILES string of the molecule is c1ccc2c3c(ccc2c1)-c1cccc2cccc(c12)N3c1ccc(-c2nc3ccccc3nc2-n2c3ccccc3c3ccccc32)c2ccccc12. The van der Waals surface area contributed by atoms with Crippen molar-refractivity contribution in [1.82, 2.24) is 14.5 Å². The maximum Gasteiger partial charge on any atom is 0.165 e. The molecule has 3 heterocycles. The minimum absolute atomic E-state index is 0.817. The minimum atomic E-state index is 0.817. The van der Waals surface area contributed by atoms with Crippen LogP contribution >= 0.6 is 0 Å². The van der Waals surface area contributed by atoms with Crippen molar-refractivity contribution >= 4 is 82.2 Å². The van der Waals surface area contributed by atoms with E-state index in [9.17, 15) is 0 Å². The highest BCUT2D eigenvalue weighted by atomic mass is 15.2. The molecule has 4 heteroatoms. The summed E-state index contributed by atoms with van der Waals surface area (Å²) in [6, 6.07) is 65.4. The molecule has 1 aliphatic heterocycles. The Hall–Kier alpha value is -7.30. The third kappa shape index (κ3) is 4.02. The van der Waals surface area contributed by atoms with E-state index < -0.39 is 0 Å². The Labute approximate surface area is 310 Å². The van der Waals surface area contributed by atoms with Crippen LogP contribution in [0, 0.1) is 0 Å². The van der Waals surface area contributed by atoms with Gasteiger partial charge in [0.25, 0.3) is 0 Å². The largest absolute Gasteiger partial charge is 0.308 e. The summed E-state index contributed by atoms with van der Waals surface area (Å²) in [5, 5.41) is 9.60. The molecule has 0 atom stereocenters. The van der Waals surface area contributed by atoms with Crippen LogP contribution < -0.4 is 4.90 Å². The maximum atomic E-state index is 5.45. The molecular formula is C50H30N4. The number of hydrogen-bond donors (Lipinski definition) is 0. The summed E-state index contributed by atoms with van der Waals surface area (Å²) in [4.78, 5) is 13.4. The topological polar surface area (TPSA) is 34.0 Å². The number of fused-ring (bicyclic) bond motifs is 9. The number of anilines is 3. The van der Waals surface area contributed by atoms with E-state index in [4.69, 9.17) is 9.97 Å². The van der Waals surface area contributed by atoms with Crippen molar-refractivity contribution < 1.29 is 0 Å². The number of rotatable bonds is 3. The van der Waals surface area contributed by atoms with Gasteiger partial charge in [-0.3, -0.25) is 4.57 Å².